The van der Waals surface area contributed by atoms with Gasteiger partial charge in [0, 0.05) is 16.7 Å². The van der Waals surface area contributed by atoms with Gasteiger partial charge < -0.3 is 0 Å². The maximum atomic E-state index is 5.17. The summed E-state index contributed by atoms with van der Waals surface area (Å²) >= 11 is 0. The molecule has 1 aromatic heterocycles. The first-order chi connectivity index (χ1) is 27.3. The Morgan fingerprint density at radius 3 is 1.31 bits per heavy atom. The van der Waals surface area contributed by atoms with Crippen LogP contribution in [0.5, 0.6) is 0 Å². The number of hydrogen-bond acceptors (Lipinski definition) is 2. The van der Waals surface area contributed by atoms with Crippen molar-refractivity contribution in [2.45, 2.75) is 5.41 Å². The molecule has 1 heterocycles. The monoisotopic (exact) mass is 698 g/mol. The van der Waals surface area contributed by atoms with Crippen molar-refractivity contribution in [2.24, 2.45) is 0 Å². The Kier molecular flexibility index (Phi) is 7.11. The van der Waals surface area contributed by atoms with Gasteiger partial charge in [0.2, 0.25) is 0 Å². The highest BCUT2D eigenvalue weighted by atomic mass is 14.9. The van der Waals surface area contributed by atoms with E-state index in [9.17, 15) is 0 Å². The van der Waals surface area contributed by atoms with Crippen molar-refractivity contribution < 1.29 is 0 Å². The van der Waals surface area contributed by atoms with Gasteiger partial charge in [-0.3, -0.25) is 0 Å². The second-order valence-corrected chi connectivity index (χ2v) is 14.5. The molecule has 0 unspecified atom stereocenters. The lowest BCUT2D eigenvalue weighted by atomic mass is 9.70. The minimum Gasteiger partial charge on any atom is -0.228 e. The molecule has 11 rings (SSSR count). The minimum absolute atomic E-state index is 0.343. The van der Waals surface area contributed by atoms with Crippen LogP contribution in [0.4, 0.5) is 0 Å². The summed E-state index contributed by atoms with van der Waals surface area (Å²) in [5.41, 5.74) is 19.9. The van der Waals surface area contributed by atoms with E-state index in [1.807, 2.05) is 24.3 Å². The van der Waals surface area contributed by atoms with Crippen LogP contribution < -0.4 is 0 Å². The molecule has 0 N–H and O–H groups in total. The predicted octanol–water partition coefficient (Wildman–Crippen LogP) is 13.2. The number of aromatic nitrogens is 2. The molecule has 9 aromatic rings. The van der Waals surface area contributed by atoms with Crippen molar-refractivity contribution in [3.05, 3.63) is 229 Å². The summed E-state index contributed by atoms with van der Waals surface area (Å²) in [5, 5.41) is 0. The van der Waals surface area contributed by atoms with Crippen molar-refractivity contribution >= 4 is 0 Å². The molecule has 0 bridgehead atoms. The molecule has 2 heteroatoms. The summed E-state index contributed by atoms with van der Waals surface area (Å²) in [7, 11) is 0. The van der Waals surface area contributed by atoms with E-state index in [1.165, 1.54) is 61.2 Å². The molecule has 0 saturated heterocycles. The molecule has 2 nitrogen and oxygen atoms in total. The van der Waals surface area contributed by atoms with Gasteiger partial charge in [-0.15, -0.1) is 0 Å². The molecule has 0 aliphatic heterocycles. The molecule has 0 saturated carbocycles. The maximum Gasteiger partial charge on any atom is 0.160 e. The average molecular weight is 699 g/mol. The first-order valence-corrected chi connectivity index (χ1v) is 18.9. The van der Waals surface area contributed by atoms with Gasteiger partial charge in [-0.2, -0.15) is 0 Å². The number of nitrogens with zero attached hydrogens (tertiary/aromatic N) is 2. The van der Waals surface area contributed by atoms with Crippen LogP contribution in [0, 0.1) is 0 Å². The molecule has 1 spiro atoms. The number of fused-ring (bicyclic) bond motifs is 10. The van der Waals surface area contributed by atoms with Gasteiger partial charge in [0.25, 0.3) is 0 Å². The number of benzene rings is 8. The molecule has 0 atom stereocenters. The van der Waals surface area contributed by atoms with Crippen LogP contribution >= 0.6 is 0 Å². The Balaban J connectivity index is 1.03. The first kappa shape index (κ1) is 31.4. The maximum absolute atomic E-state index is 5.17. The summed E-state index contributed by atoms with van der Waals surface area (Å²) in [6.45, 7) is 0. The fraction of sp³-hybridized carbons (Fsp3) is 0.0189. The van der Waals surface area contributed by atoms with Crippen LogP contribution in [0.1, 0.15) is 22.3 Å². The molecule has 2 aliphatic rings. The predicted molar refractivity (Wildman–Crippen MR) is 226 cm³/mol. The molecular weight excluding hydrogens is 665 g/mol. The van der Waals surface area contributed by atoms with Crippen LogP contribution in [0.25, 0.3) is 78.4 Å². The smallest absolute Gasteiger partial charge is 0.160 e. The zero-order valence-corrected chi connectivity index (χ0v) is 30.0. The van der Waals surface area contributed by atoms with Crippen molar-refractivity contribution in [1.82, 2.24) is 9.97 Å². The third kappa shape index (κ3) is 4.89. The minimum atomic E-state index is -0.343. The van der Waals surface area contributed by atoms with E-state index in [0.29, 0.717) is 5.82 Å². The van der Waals surface area contributed by atoms with Crippen LogP contribution in [0.2, 0.25) is 0 Å². The summed E-state index contributed by atoms with van der Waals surface area (Å²) in [5.74, 6) is 0.710. The number of rotatable bonds is 5. The second-order valence-electron chi connectivity index (χ2n) is 14.5. The molecule has 2 aliphatic carbocycles. The highest BCUT2D eigenvalue weighted by Gasteiger charge is 2.51. The van der Waals surface area contributed by atoms with Crippen LogP contribution in [-0.4, -0.2) is 9.97 Å². The van der Waals surface area contributed by atoms with Crippen molar-refractivity contribution in [2.75, 3.05) is 0 Å². The first-order valence-electron chi connectivity index (χ1n) is 18.9. The van der Waals surface area contributed by atoms with E-state index < -0.39 is 0 Å². The SMILES string of the molecule is c1ccc(-c2ccc(-c3cc(-c4cccc(-c5ccc6c(c5)-c5ccccc5C65c6ccccc6-c6ccccc65)c4)nc(-c4ccccc4)n3)cc2)cc1. The zero-order valence-electron chi connectivity index (χ0n) is 30.0. The van der Waals surface area contributed by atoms with Gasteiger partial charge in [-0.1, -0.05) is 188 Å². The van der Waals surface area contributed by atoms with Crippen LogP contribution in [0.15, 0.2) is 206 Å². The summed E-state index contributed by atoms with van der Waals surface area (Å²) < 4.78 is 0. The Hall–Kier alpha value is -7.16. The van der Waals surface area contributed by atoms with Gasteiger partial charge in [0.05, 0.1) is 16.8 Å². The Labute approximate surface area is 321 Å². The quantitative estimate of drug-likeness (QED) is 0.179. The second kappa shape index (κ2) is 12.5. The highest BCUT2D eigenvalue weighted by molar-refractivity contribution is 5.96. The van der Waals surface area contributed by atoms with Crippen LogP contribution in [-0.2, 0) is 5.41 Å². The van der Waals surface area contributed by atoms with E-state index >= 15 is 0 Å². The molecule has 8 aromatic carbocycles. The normalized spacial score (nSPS) is 12.9. The van der Waals surface area contributed by atoms with Gasteiger partial charge in [-0.25, -0.2) is 9.97 Å². The Morgan fingerprint density at radius 1 is 0.255 bits per heavy atom. The van der Waals surface area contributed by atoms with Crippen molar-refractivity contribution in [1.29, 1.82) is 0 Å². The Morgan fingerprint density at radius 2 is 0.673 bits per heavy atom. The average Bonchev–Trinajstić information content (AvgIpc) is 3.74. The lowest BCUT2D eigenvalue weighted by Crippen LogP contribution is -2.25. The van der Waals surface area contributed by atoms with E-state index in [1.54, 1.807) is 0 Å². The summed E-state index contributed by atoms with van der Waals surface area (Å²) in [6, 6.07) is 74.4. The van der Waals surface area contributed by atoms with Crippen molar-refractivity contribution in [3.63, 3.8) is 0 Å². The largest absolute Gasteiger partial charge is 0.228 e. The fourth-order valence-electron chi connectivity index (χ4n) is 9.06. The van der Waals surface area contributed by atoms with E-state index in [4.69, 9.17) is 9.97 Å². The third-order valence-corrected chi connectivity index (χ3v) is 11.5. The van der Waals surface area contributed by atoms with E-state index in [2.05, 4.69) is 182 Å². The molecule has 55 heavy (non-hydrogen) atoms. The summed E-state index contributed by atoms with van der Waals surface area (Å²) in [6.07, 6.45) is 0. The summed E-state index contributed by atoms with van der Waals surface area (Å²) in [4.78, 5) is 10.3. The lowest BCUT2D eigenvalue weighted by molar-refractivity contribution is 0.794. The highest BCUT2D eigenvalue weighted by Crippen LogP contribution is 2.62. The molecule has 256 valence electrons. The van der Waals surface area contributed by atoms with Gasteiger partial charge in [0.1, 0.15) is 0 Å². The van der Waals surface area contributed by atoms with Crippen molar-refractivity contribution in [3.8, 4) is 78.4 Å². The van der Waals surface area contributed by atoms with E-state index in [-0.39, 0.29) is 5.41 Å². The lowest BCUT2D eigenvalue weighted by Gasteiger charge is -2.30. The third-order valence-electron chi connectivity index (χ3n) is 11.5. The van der Waals surface area contributed by atoms with E-state index in [0.717, 1.165) is 33.6 Å². The van der Waals surface area contributed by atoms with Gasteiger partial charge in [0.15, 0.2) is 5.82 Å². The van der Waals surface area contributed by atoms with Gasteiger partial charge >= 0.3 is 0 Å². The molecular formula is C53H34N2. The Bertz CT molecular complexity index is 2860. The fourth-order valence-corrected chi connectivity index (χ4v) is 9.06. The number of hydrogen-bond donors (Lipinski definition) is 0. The standard InChI is InChI=1S/C53H34N2/c1-3-14-35(15-4-1)36-26-28-37(29-27-36)50-34-51(55-52(54-50)38-16-5-2-6-17-38)41-19-13-18-39(32-41)40-30-31-49-45(33-40)44-22-9-12-25-48(44)53(49)46-23-10-7-20-42(46)43-21-8-11-24-47(43)53/h1-34H. The zero-order chi connectivity index (χ0) is 36.3. The van der Waals surface area contributed by atoms with Gasteiger partial charge in [-0.05, 0) is 85.0 Å². The topological polar surface area (TPSA) is 25.8 Å². The molecule has 0 fully saturated rings. The van der Waals surface area contributed by atoms with Crippen LogP contribution in [0.3, 0.4) is 0 Å². The molecule has 0 amide bonds. The molecule has 0 radical (unpaired) electrons.